The molecule has 24 heavy (non-hydrogen) atoms. The van der Waals surface area contributed by atoms with Crippen molar-refractivity contribution in [2.45, 2.75) is 26.0 Å². The van der Waals surface area contributed by atoms with Crippen LogP contribution in [-0.4, -0.2) is 42.0 Å². The molecule has 7 heteroatoms. The number of thiazole rings is 1. The lowest BCUT2D eigenvalue weighted by Gasteiger charge is -2.23. The predicted molar refractivity (Wildman–Crippen MR) is 91.0 cm³/mol. The third-order valence-corrected chi connectivity index (χ3v) is 5.23. The molecule has 3 rings (SSSR count). The van der Waals surface area contributed by atoms with Gasteiger partial charge in [0, 0.05) is 19.6 Å². The molecule has 1 atom stereocenters. The molecule has 2 aromatic rings. The molecule has 0 radical (unpaired) electrons. The molecular weight excluding hydrogens is 329 g/mol. The van der Waals surface area contributed by atoms with Crippen molar-refractivity contribution in [2.24, 2.45) is 0 Å². The van der Waals surface area contributed by atoms with Crippen LogP contribution in [0.4, 0.5) is 4.39 Å². The van der Waals surface area contributed by atoms with Gasteiger partial charge >= 0.3 is 0 Å². The van der Waals surface area contributed by atoms with Crippen LogP contribution in [0.2, 0.25) is 0 Å². The zero-order chi connectivity index (χ0) is 17.1. The van der Waals surface area contributed by atoms with Gasteiger partial charge in [-0.2, -0.15) is 0 Å². The molecule has 0 saturated carbocycles. The van der Waals surface area contributed by atoms with Crippen molar-refractivity contribution in [3.05, 3.63) is 45.7 Å². The average molecular weight is 349 g/mol. The number of carbonyl (C=O) groups is 1. The molecule has 1 fully saturated rings. The van der Waals surface area contributed by atoms with E-state index in [9.17, 15) is 9.18 Å². The first-order valence-electron chi connectivity index (χ1n) is 7.87. The van der Waals surface area contributed by atoms with Crippen molar-refractivity contribution in [1.29, 1.82) is 0 Å². The molecule has 2 heterocycles. The highest BCUT2D eigenvalue weighted by Gasteiger charge is 2.26. The van der Waals surface area contributed by atoms with Crippen LogP contribution in [-0.2, 0) is 6.61 Å². The monoisotopic (exact) mass is 349 g/mol. The highest BCUT2D eigenvalue weighted by Crippen LogP contribution is 2.23. The predicted octanol–water partition coefficient (Wildman–Crippen LogP) is 2.60. The van der Waals surface area contributed by atoms with E-state index in [0.29, 0.717) is 10.6 Å². The van der Waals surface area contributed by atoms with Gasteiger partial charge in [0.05, 0.1) is 5.69 Å². The summed E-state index contributed by atoms with van der Waals surface area (Å²) in [6.07, 6.45) is 0.973. The van der Waals surface area contributed by atoms with Crippen molar-refractivity contribution < 1.29 is 13.9 Å². The summed E-state index contributed by atoms with van der Waals surface area (Å²) in [6.45, 7) is 3.88. The largest absolute Gasteiger partial charge is 0.486 e. The Balaban J connectivity index is 1.65. The molecule has 0 spiro atoms. The molecule has 1 aromatic carbocycles. The number of halogens is 1. The lowest BCUT2D eigenvalue weighted by molar-refractivity contribution is 0.0747. The SMILES string of the molecule is Cc1nc(COc2ccc(F)cc2)sc1C(=O)N(C)[C@@H]1CCNC1. The molecule has 128 valence electrons. The summed E-state index contributed by atoms with van der Waals surface area (Å²) in [5, 5.41) is 4.00. The van der Waals surface area contributed by atoms with E-state index in [-0.39, 0.29) is 24.4 Å². The Bertz CT molecular complexity index is 711. The molecule has 0 aliphatic carbocycles. The highest BCUT2D eigenvalue weighted by atomic mass is 32.1. The van der Waals surface area contributed by atoms with E-state index in [1.165, 1.54) is 23.5 Å². The quantitative estimate of drug-likeness (QED) is 0.902. The highest BCUT2D eigenvalue weighted by molar-refractivity contribution is 7.13. The van der Waals surface area contributed by atoms with E-state index < -0.39 is 0 Å². The first kappa shape index (κ1) is 16.9. The second kappa shape index (κ2) is 7.27. The van der Waals surface area contributed by atoms with Crippen LogP contribution in [0.5, 0.6) is 5.75 Å². The molecule has 1 N–H and O–H groups in total. The van der Waals surface area contributed by atoms with Crippen LogP contribution in [0, 0.1) is 12.7 Å². The van der Waals surface area contributed by atoms with E-state index in [2.05, 4.69) is 10.3 Å². The van der Waals surface area contributed by atoms with E-state index in [1.807, 2.05) is 14.0 Å². The van der Waals surface area contributed by atoms with Gasteiger partial charge in [0.15, 0.2) is 0 Å². The second-order valence-electron chi connectivity index (χ2n) is 5.83. The number of likely N-dealkylation sites (N-methyl/N-ethyl adjacent to an activating group) is 1. The van der Waals surface area contributed by atoms with Crippen molar-refractivity contribution in [1.82, 2.24) is 15.2 Å². The Labute approximate surface area is 144 Å². The van der Waals surface area contributed by atoms with E-state index >= 15 is 0 Å². The minimum Gasteiger partial charge on any atom is -0.486 e. The lowest BCUT2D eigenvalue weighted by atomic mass is 10.2. The molecule has 1 aliphatic rings. The maximum absolute atomic E-state index is 12.9. The molecule has 0 unspecified atom stereocenters. The molecule has 1 aliphatic heterocycles. The third-order valence-electron chi connectivity index (χ3n) is 4.11. The zero-order valence-electron chi connectivity index (χ0n) is 13.7. The van der Waals surface area contributed by atoms with Crippen molar-refractivity contribution in [2.75, 3.05) is 20.1 Å². The van der Waals surface area contributed by atoms with E-state index in [1.54, 1.807) is 17.0 Å². The van der Waals surface area contributed by atoms with Gasteiger partial charge in [-0.3, -0.25) is 4.79 Å². The summed E-state index contributed by atoms with van der Waals surface area (Å²) in [4.78, 5) is 19.5. The number of nitrogens with zero attached hydrogens (tertiary/aromatic N) is 2. The standard InChI is InChI=1S/C17H20FN3O2S/c1-11-16(17(22)21(2)13-7-8-19-9-13)24-15(20-11)10-23-14-5-3-12(18)4-6-14/h3-6,13,19H,7-10H2,1-2H3/t13-/m1/s1. The maximum Gasteiger partial charge on any atom is 0.265 e. The molecule has 1 amide bonds. The van der Waals surface area contributed by atoms with E-state index in [0.717, 1.165) is 30.2 Å². The Kier molecular flexibility index (Phi) is 5.11. The minimum absolute atomic E-state index is 0.00623. The number of aryl methyl sites for hydroxylation is 1. The number of nitrogens with one attached hydrogen (secondary N) is 1. The smallest absolute Gasteiger partial charge is 0.265 e. The van der Waals surface area contributed by atoms with Crippen molar-refractivity contribution >= 4 is 17.2 Å². The van der Waals surface area contributed by atoms with Gasteiger partial charge in [-0.15, -0.1) is 11.3 Å². The van der Waals surface area contributed by atoms with Crippen molar-refractivity contribution in [3.8, 4) is 5.75 Å². The van der Waals surface area contributed by atoms with Crippen LogP contribution in [0.1, 0.15) is 26.8 Å². The minimum atomic E-state index is -0.301. The number of aromatic nitrogens is 1. The van der Waals surface area contributed by atoms with Gasteiger partial charge < -0.3 is 15.0 Å². The molecular formula is C17H20FN3O2S. The molecule has 0 bridgehead atoms. The lowest BCUT2D eigenvalue weighted by Crippen LogP contribution is -2.38. The average Bonchev–Trinajstić information content (AvgIpc) is 3.23. The molecule has 1 saturated heterocycles. The summed E-state index contributed by atoms with van der Waals surface area (Å²) >= 11 is 1.36. The fourth-order valence-electron chi connectivity index (χ4n) is 2.68. The number of rotatable bonds is 5. The number of benzene rings is 1. The van der Waals surface area contributed by atoms with E-state index in [4.69, 9.17) is 4.74 Å². The van der Waals surface area contributed by atoms with Crippen LogP contribution < -0.4 is 10.1 Å². The van der Waals surface area contributed by atoms with Crippen LogP contribution >= 0.6 is 11.3 Å². The number of carbonyl (C=O) groups excluding carboxylic acids is 1. The first-order valence-corrected chi connectivity index (χ1v) is 8.69. The number of amides is 1. The first-order chi connectivity index (χ1) is 11.5. The summed E-state index contributed by atoms with van der Waals surface area (Å²) in [5.74, 6) is 0.280. The Morgan fingerprint density at radius 1 is 1.46 bits per heavy atom. The number of hydrogen-bond donors (Lipinski definition) is 1. The van der Waals surface area contributed by atoms with Gasteiger partial charge in [-0.25, -0.2) is 9.37 Å². The number of ether oxygens (including phenoxy) is 1. The fraction of sp³-hybridized carbons (Fsp3) is 0.412. The summed E-state index contributed by atoms with van der Waals surface area (Å²) < 4.78 is 18.5. The summed E-state index contributed by atoms with van der Waals surface area (Å²) in [6, 6.07) is 6.08. The normalized spacial score (nSPS) is 17.0. The molecule has 1 aromatic heterocycles. The Morgan fingerprint density at radius 2 is 2.21 bits per heavy atom. The van der Waals surface area contributed by atoms with Gasteiger partial charge in [0.1, 0.15) is 28.1 Å². The second-order valence-corrected chi connectivity index (χ2v) is 6.91. The molecule has 5 nitrogen and oxygen atoms in total. The Hall–Kier alpha value is -1.99. The van der Waals surface area contributed by atoms with Gasteiger partial charge in [0.2, 0.25) is 0 Å². The van der Waals surface area contributed by atoms with Gasteiger partial charge in [-0.1, -0.05) is 0 Å². The fourth-order valence-corrected chi connectivity index (χ4v) is 3.65. The van der Waals surface area contributed by atoms with Crippen LogP contribution in [0.3, 0.4) is 0 Å². The van der Waals surface area contributed by atoms with Gasteiger partial charge in [-0.05, 0) is 44.2 Å². The van der Waals surface area contributed by atoms with Crippen LogP contribution in [0.15, 0.2) is 24.3 Å². The number of hydrogen-bond acceptors (Lipinski definition) is 5. The Morgan fingerprint density at radius 3 is 2.88 bits per heavy atom. The van der Waals surface area contributed by atoms with Crippen molar-refractivity contribution in [3.63, 3.8) is 0 Å². The maximum atomic E-state index is 12.9. The third kappa shape index (κ3) is 3.73. The van der Waals surface area contributed by atoms with Gasteiger partial charge in [0.25, 0.3) is 5.91 Å². The van der Waals surface area contributed by atoms with Crippen LogP contribution in [0.25, 0.3) is 0 Å². The summed E-state index contributed by atoms with van der Waals surface area (Å²) in [7, 11) is 1.84. The zero-order valence-corrected chi connectivity index (χ0v) is 14.5. The summed E-state index contributed by atoms with van der Waals surface area (Å²) in [5.41, 5.74) is 0.723. The topological polar surface area (TPSA) is 54.5 Å².